The van der Waals surface area contributed by atoms with Crippen LogP contribution in [0.1, 0.15) is 32.6 Å². The van der Waals surface area contributed by atoms with Gasteiger partial charge in [0.25, 0.3) is 0 Å². The van der Waals surface area contributed by atoms with E-state index in [1.165, 1.54) is 0 Å². The van der Waals surface area contributed by atoms with Gasteiger partial charge in [-0.3, -0.25) is 4.79 Å². The van der Waals surface area contributed by atoms with Crippen LogP contribution in [0.3, 0.4) is 0 Å². The van der Waals surface area contributed by atoms with E-state index in [1.54, 1.807) is 6.92 Å². The van der Waals surface area contributed by atoms with Gasteiger partial charge < -0.3 is 14.7 Å². The summed E-state index contributed by atoms with van der Waals surface area (Å²) in [6, 6.07) is 0. The molecule has 4 heteroatoms. The number of rotatable bonds is 3. The Morgan fingerprint density at radius 2 is 2.07 bits per heavy atom. The normalized spacial score (nSPS) is 31.7. The third-order valence-corrected chi connectivity index (χ3v) is 3.17. The molecule has 0 aliphatic carbocycles. The van der Waals surface area contributed by atoms with Gasteiger partial charge in [0.2, 0.25) is 5.91 Å². The van der Waals surface area contributed by atoms with E-state index in [2.05, 4.69) is 0 Å². The van der Waals surface area contributed by atoms with E-state index in [0.29, 0.717) is 12.8 Å². The lowest BCUT2D eigenvalue weighted by molar-refractivity contribution is -0.140. The first-order valence-corrected chi connectivity index (χ1v) is 5.76. The Morgan fingerprint density at radius 1 is 1.47 bits per heavy atom. The minimum absolute atomic E-state index is 0.163. The molecule has 2 saturated heterocycles. The fraction of sp³-hybridized carbons (Fsp3) is 0.909. The number of nitrogens with zero attached hydrogens (tertiary/aromatic N) is 1. The highest BCUT2D eigenvalue weighted by molar-refractivity contribution is 5.76. The predicted octanol–water partition coefficient (Wildman–Crippen LogP) is 0.537. The van der Waals surface area contributed by atoms with Crippen LogP contribution in [-0.2, 0) is 9.53 Å². The lowest BCUT2D eigenvalue weighted by Crippen LogP contribution is -2.45. The van der Waals surface area contributed by atoms with Crippen molar-refractivity contribution in [1.82, 2.24) is 4.90 Å². The van der Waals surface area contributed by atoms with Gasteiger partial charge in [0.15, 0.2) is 0 Å². The van der Waals surface area contributed by atoms with Crippen LogP contribution < -0.4 is 0 Å². The molecule has 0 spiro atoms. The Bertz CT molecular complexity index is 230. The minimum Gasteiger partial charge on any atom is -0.393 e. The van der Waals surface area contributed by atoms with Gasteiger partial charge in [0.05, 0.1) is 18.3 Å². The van der Waals surface area contributed by atoms with Crippen molar-refractivity contribution >= 4 is 5.91 Å². The van der Waals surface area contributed by atoms with Crippen LogP contribution in [0.4, 0.5) is 0 Å². The van der Waals surface area contributed by atoms with Crippen LogP contribution in [0.2, 0.25) is 0 Å². The van der Waals surface area contributed by atoms with Crippen LogP contribution in [0.15, 0.2) is 0 Å². The molecule has 0 radical (unpaired) electrons. The molecular formula is C11H19NO3. The molecule has 2 bridgehead atoms. The molecule has 0 saturated carbocycles. The summed E-state index contributed by atoms with van der Waals surface area (Å²) in [5.41, 5.74) is 0. The zero-order valence-corrected chi connectivity index (χ0v) is 9.19. The summed E-state index contributed by atoms with van der Waals surface area (Å²) in [6.45, 7) is 3.21. The van der Waals surface area contributed by atoms with Crippen molar-refractivity contribution in [3.63, 3.8) is 0 Å². The van der Waals surface area contributed by atoms with Gasteiger partial charge in [-0.25, -0.2) is 0 Å². The summed E-state index contributed by atoms with van der Waals surface area (Å²) >= 11 is 0. The Morgan fingerprint density at radius 3 is 2.60 bits per heavy atom. The number of hydrogen-bond acceptors (Lipinski definition) is 3. The molecule has 1 amide bonds. The average Bonchev–Trinajstić information content (AvgIpc) is 2.54. The predicted molar refractivity (Wildman–Crippen MR) is 55.4 cm³/mol. The van der Waals surface area contributed by atoms with Crippen LogP contribution in [0.5, 0.6) is 0 Å². The second kappa shape index (κ2) is 4.49. The summed E-state index contributed by atoms with van der Waals surface area (Å²) in [5.74, 6) is 0.163. The van der Waals surface area contributed by atoms with E-state index < -0.39 is 0 Å². The zero-order chi connectivity index (χ0) is 10.8. The molecule has 2 fully saturated rings. The van der Waals surface area contributed by atoms with E-state index >= 15 is 0 Å². The maximum Gasteiger partial charge on any atom is 0.222 e. The van der Waals surface area contributed by atoms with Gasteiger partial charge in [-0.05, 0) is 26.2 Å². The lowest BCUT2D eigenvalue weighted by Gasteiger charge is -2.32. The first-order valence-electron chi connectivity index (χ1n) is 5.76. The monoisotopic (exact) mass is 213 g/mol. The second-order valence-corrected chi connectivity index (χ2v) is 4.64. The maximum absolute atomic E-state index is 11.8. The molecule has 2 rings (SSSR count). The molecule has 86 valence electrons. The molecule has 0 aromatic heterocycles. The molecule has 3 unspecified atom stereocenters. The first kappa shape index (κ1) is 10.9. The molecule has 0 aromatic rings. The molecule has 15 heavy (non-hydrogen) atoms. The van der Waals surface area contributed by atoms with E-state index in [4.69, 9.17) is 9.84 Å². The van der Waals surface area contributed by atoms with E-state index in [-0.39, 0.29) is 24.2 Å². The summed E-state index contributed by atoms with van der Waals surface area (Å²) < 4.78 is 5.66. The number of aliphatic hydroxyl groups excluding tert-OH is 1. The van der Waals surface area contributed by atoms with Crippen LogP contribution in [0, 0.1) is 0 Å². The number of morpholine rings is 1. The quantitative estimate of drug-likeness (QED) is 0.744. The van der Waals surface area contributed by atoms with Crippen molar-refractivity contribution < 1.29 is 14.6 Å². The van der Waals surface area contributed by atoms with Gasteiger partial charge >= 0.3 is 0 Å². The number of likely N-dealkylation sites (tertiary alicyclic amines) is 1. The van der Waals surface area contributed by atoms with E-state index in [1.807, 2.05) is 4.90 Å². The van der Waals surface area contributed by atoms with E-state index in [9.17, 15) is 4.79 Å². The van der Waals surface area contributed by atoms with Crippen molar-refractivity contribution in [2.75, 3.05) is 13.1 Å². The molecule has 2 aliphatic rings. The standard InChI is InChI=1S/C11H19NO3/c1-8(13)2-5-11(14)12-6-9-3-4-10(7-12)15-9/h8-10,13H,2-7H2,1H3. The SMILES string of the molecule is CC(O)CCC(=O)N1CC2CCC(C1)O2. The minimum atomic E-state index is -0.383. The van der Waals surface area contributed by atoms with Crippen molar-refractivity contribution in [3.05, 3.63) is 0 Å². The van der Waals surface area contributed by atoms with Crippen LogP contribution >= 0.6 is 0 Å². The molecular weight excluding hydrogens is 194 g/mol. The van der Waals surface area contributed by atoms with Gasteiger partial charge in [0, 0.05) is 19.5 Å². The number of fused-ring (bicyclic) bond motifs is 2. The number of ether oxygens (including phenoxy) is 1. The van der Waals surface area contributed by atoms with Gasteiger partial charge in [-0.15, -0.1) is 0 Å². The van der Waals surface area contributed by atoms with Gasteiger partial charge in [0.1, 0.15) is 0 Å². The lowest BCUT2D eigenvalue weighted by atomic mass is 10.2. The summed E-state index contributed by atoms with van der Waals surface area (Å²) in [5, 5.41) is 9.12. The van der Waals surface area contributed by atoms with E-state index in [0.717, 1.165) is 25.9 Å². The number of carbonyl (C=O) groups excluding carboxylic acids is 1. The Labute approximate surface area is 90.2 Å². The van der Waals surface area contributed by atoms with Gasteiger partial charge in [-0.2, -0.15) is 0 Å². The van der Waals surface area contributed by atoms with Crippen molar-refractivity contribution in [3.8, 4) is 0 Å². The van der Waals surface area contributed by atoms with Crippen molar-refractivity contribution in [1.29, 1.82) is 0 Å². The summed E-state index contributed by atoms with van der Waals surface area (Å²) in [6.07, 6.45) is 3.34. The molecule has 2 heterocycles. The number of hydrogen-bond donors (Lipinski definition) is 1. The molecule has 1 N–H and O–H groups in total. The maximum atomic E-state index is 11.8. The smallest absolute Gasteiger partial charge is 0.222 e. The fourth-order valence-corrected chi connectivity index (χ4v) is 2.31. The number of amides is 1. The summed E-state index contributed by atoms with van der Waals surface area (Å²) in [7, 11) is 0. The highest BCUT2D eigenvalue weighted by Gasteiger charge is 2.35. The van der Waals surface area contributed by atoms with Crippen molar-refractivity contribution in [2.24, 2.45) is 0 Å². The largest absolute Gasteiger partial charge is 0.393 e. The third kappa shape index (κ3) is 2.69. The molecule has 3 atom stereocenters. The zero-order valence-electron chi connectivity index (χ0n) is 9.19. The highest BCUT2D eigenvalue weighted by atomic mass is 16.5. The fourth-order valence-electron chi connectivity index (χ4n) is 2.31. The van der Waals surface area contributed by atoms with Crippen molar-refractivity contribution in [2.45, 2.75) is 50.9 Å². The Kier molecular flexibility index (Phi) is 3.26. The first-order chi connectivity index (χ1) is 7.15. The number of aliphatic hydroxyl groups is 1. The summed E-state index contributed by atoms with van der Waals surface area (Å²) in [4.78, 5) is 13.7. The molecule has 4 nitrogen and oxygen atoms in total. The van der Waals surface area contributed by atoms with Crippen LogP contribution in [-0.4, -0.2) is 47.3 Å². The topological polar surface area (TPSA) is 49.8 Å². The Balaban J connectivity index is 1.81. The second-order valence-electron chi connectivity index (χ2n) is 4.64. The average molecular weight is 213 g/mol. The molecule has 2 aliphatic heterocycles. The highest BCUT2D eigenvalue weighted by Crippen LogP contribution is 2.26. The number of carbonyl (C=O) groups is 1. The Hall–Kier alpha value is -0.610. The van der Waals surface area contributed by atoms with Crippen LogP contribution in [0.25, 0.3) is 0 Å². The molecule has 0 aromatic carbocycles. The van der Waals surface area contributed by atoms with Gasteiger partial charge in [-0.1, -0.05) is 0 Å². The third-order valence-electron chi connectivity index (χ3n) is 3.17.